The van der Waals surface area contributed by atoms with E-state index < -0.39 is 5.92 Å². The third-order valence-electron chi connectivity index (χ3n) is 6.26. The van der Waals surface area contributed by atoms with Gasteiger partial charge in [-0.2, -0.15) is 5.26 Å². The quantitative estimate of drug-likeness (QED) is 0.536. The van der Waals surface area contributed by atoms with Crippen molar-refractivity contribution in [1.29, 1.82) is 5.26 Å². The van der Waals surface area contributed by atoms with Crippen molar-refractivity contribution in [3.63, 3.8) is 0 Å². The number of nitriles is 1. The second-order valence-corrected chi connectivity index (χ2v) is 8.14. The molecule has 0 saturated heterocycles. The molecule has 0 aliphatic carbocycles. The second-order valence-electron chi connectivity index (χ2n) is 8.14. The van der Waals surface area contributed by atoms with Crippen molar-refractivity contribution >= 4 is 0 Å². The number of aryl methyl sites for hydroxylation is 1. The Morgan fingerprint density at radius 1 is 0.972 bits per heavy atom. The molecule has 0 amide bonds. The number of nitrogens with two attached hydrogens (primary N) is 1. The monoisotopic (exact) mass is 489 g/mol. The summed E-state index contributed by atoms with van der Waals surface area (Å²) >= 11 is 0. The van der Waals surface area contributed by atoms with Crippen LogP contribution in [0.15, 0.2) is 58.7 Å². The molecule has 0 unspecified atom stereocenters. The minimum Gasteiger partial charge on any atom is -0.496 e. The van der Waals surface area contributed by atoms with E-state index >= 15 is 0 Å². The molecule has 4 rings (SSSR count). The Bertz CT molecular complexity index is 1450. The van der Waals surface area contributed by atoms with E-state index in [9.17, 15) is 10.1 Å². The summed E-state index contributed by atoms with van der Waals surface area (Å²) in [6.07, 6.45) is 0. The maximum Gasteiger partial charge on any atom is 0.259 e. The zero-order valence-electron chi connectivity index (χ0n) is 20.7. The zero-order valence-corrected chi connectivity index (χ0v) is 20.7. The van der Waals surface area contributed by atoms with Crippen LogP contribution in [0, 0.1) is 18.3 Å². The maximum absolute atomic E-state index is 14.0. The van der Waals surface area contributed by atoms with Gasteiger partial charge in [-0.1, -0.05) is 18.2 Å². The molecule has 0 fully saturated rings. The van der Waals surface area contributed by atoms with Gasteiger partial charge < -0.3 is 34.0 Å². The largest absolute Gasteiger partial charge is 0.496 e. The van der Waals surface area contributed by atoms with Crippen molar-refractivity contribution in [2.24, 2.45) is 5.73 Å². The molecule has 2 N–H and O–H groups in total. The molecular weight excluding hydrogens is 462 g/mol. The Kier molecular flexibility index (Phi) is 6.79. The van der Waals surface area contributed by atoms with E-state index in [1.807, 2.05) is 31.2 Å². The molecular formula is C27H27N3O6. The summed E-state index contributed by atoms with van der Waals surface area (Å²) in [4.78, 5) is 14.0. The summed E-state index contributed by atoms with van der Waals surface area (Å²) in [5, 5.41) is 10.0. The lowest BCUT2D eigenvalue weighted by Crippen LogP contribution is -2.33. The average Bonchev–Trinajstić information content (AvgIpc) is 2.89. The standard InChI is InChI=1S/C27H27N3O6/c1-15-10-23-25(27(31)30(15)14-16-8-6-7-9-19(16)32-2)24(18(13-28)26(29)36-23)17-11-21(34-4)22(35-5)12-20(17)33-3/h6-12,24H,14,29H2,1-5H3/t24-/m1/s1. The van der Waals surface area contributed by atoms with Crippen molar-refractivity contribution in [2.75, 3.05) is 28.4 Å². The first-order valence-corrected chi connectivity index (χ1v) is 11.1. The number of allylic oxidation sites excluding steroid dienone is 1. The van der Waals surface area contributed by atoms with E-state index in [0.717, 1.165) is 5.56 Å². The lowest BCUT2D eigenvalue weighted by atomic mass is 9.83. The molecule has 1 aromatic heterocycles. The average molecular weight is 490 g/mol. The van der Waals surface area contributed by atoms with Gasteiger partial charge in [0.15, 0.2) is 11.5 Å². The summed E-state index contributed by atoms with van der Waals surface area (Å²) < 4.78 is 29.4. The molecule has 1 atom stereocenters. The van der Waals surface area contributed by atoms with Crippen LogP contribution in [0.2, 0.25) is 0 Å². The number of pyridine rings is 1. The minimum atomic E-state index is -0.856. The van der Waals surface area contributed by atoms with Crippen molar-refractivity contribution in [3.8, 4) is 34.8 Å². The Morgan fingerprint density at radius 3 is 2.25 bits per heavy atom. The molecule has 3 aromatic rings. The van der Waals surface area contributed by atoms with Gasteiger partial charge in [0.05, 0.1) is 46.5 Å². The van der Waals surface area contributed by atoms with E-state index in [4.69, 9.17) is 29.4 Å². The Labute approximate surface area is 208 Å². The highest BCUT2D eigenvalue weighted by molar-refractivity contribution is 5.62. The lowest BCUT2D eigenvalue weighted by Gasteiger charge is -2.28. The predicted molar refractivity (Wildman–Crippen MR) is 133 cm³/mol. The summed E-state index contributed by atoms with van der Waals surface area (Å²) in [5.41, 5.74) is 8.22. The van der Waals surface area contributed by atoms with Crippen LogP contribution < -0.4 is 35.0 Å². The summed E-state index contributed by atoms with van der Waals surface area (Å²) in [7, 11) is 6.10. The van der Waals surface area contributed by atoms with Crippen LogP contribution in [-0.2, 0) is 6.54 Å². The number of hydrogen-bond donors (Lipinski definition) is 1. The number of hydrogen-bond acceptors (Lipinski definition) is 8. The molecule has 36 heavy (non-hydrogen) atoms. The van der Waals surface area contributed by atoms with Crippen LogP contribution in [0.4, 0.5) is 0 Å². The first-order chi connectivity index (χ1) is 17.4. The first-order valence-electron chi connectivity index (χ1n) is 11.1. The molecule has 2 aromatic carbocycles. The van der Waals surface area contributed by atoms with E-state index in [2.05, 4.69) is 6.07 Å². The molecule has 1 aliphatic rings. The highest BCUT2D eigenvalue weighted by atomic mass is 16.5. The fourth-order valence-corrected chi connectivity index (χ4v) is 4.48. The van der Waals surface area contributed by atoms with Gasteiger partial charge in [-0.15, -0.1) is 0 Å². The molecule has 9 heteroatoms. The Balaban J connectivity index is 1.99. The van der Waals surface area contributed by atoms with Crippen LogP contribution in [0.25, 0.3) is 0 Å². The smallest absolute Gasteiger partial charge is 0.259 e. The van der Waals surface area contributed by atoms with Crippen LogP contribution in [0.5, 0.6) is 28.7 Å². The molecule has 0 saturated carbocycles. The first kappa shape index (κ1) is 24.5. The number of para-hydroxylation sites is 1. The number of methoxy groups -OCH3 is 4. The van der Waals surface area contributed by atoms with Gasteiger partial charge in [0.1, 0.15) is 28.9 Å². The lowest BCUT2D eigenvalue weighted by molar-refractivity contribution is 0.346. The minimum absolute atomic E-state index is 0.0758. The maximum atomic E-state index is 14.0. The van der Waals surface area contributed by atoms with Gasteiger partial charge in [0.25, 0.3) is 5.56 Å². The molecule has 1 aliphatic heterocycles. The van der Waals surface area contributed by atoms with Crippen molar-refractivity contribution in [3.05, 3.63) is 86.7 Å². The third kappa shape index (κ3) is 4.07. The molecule has 2 heterocycles. The Hall–Kier alpha value is -4.58. The van der Waals surface area contributed by atoms with Crippen molar-refractivity contribution < 1.29 is 23.7 Å². The molecule has 9 nitrogen and oxygen atoms in total. The number of fused-ring (bicyclic) bond motifs is 1. The van der Waals surface area contributed by atoms with Crippen LogP contribution in [0.1, 0.15) is 28.3 Å². The molecule has 0 spiro atoms. The fourth-order valence-electron chi connectivity index (χ4n) is 4.48. The number of rotatable bonds is 7. The summed E-state index contributed by atoms with van der Waals surface area (Å²) in [6.45, 7) is 2.07. The zero-order chi connectivity index (χ0) is 26.0. The second kappa shape index (κ2) is 9.96. The summed E-state index contributed by atoms with van der Waals surface area (Å²) in [5.74, 6) is 1.28. The van der Waals surface area contributed by atoms with Crippen molar-refractivity contribution in [2.45, 2.75) is 19.4 Å². The molecule has 0 bridgehead atoms. The van der Waals surface area contributed by atoms with Crippen LogP contribution in [-0.4, -0.2) is 33.0 Å². The van der Waals surface area contributed by atoms with Crippen LogP contribution in [0.3, 0.4) is 0 Å². The molecule has 0 radical (unpaired) electrons. The van der Waals surface area contributed by atoms with Crippen LogP contribution >= 0.6 is 0 Å². The normalized spacial score (nSPS) is 14.4. The van der Waals surface area contributed by atoms with Gasteiger partial charge in [0.2, 0.25) is 5.88 Å². The van der Waals surface area contributed by atoms with E-state index in [-0.39, 0.29) is 34.9 Å². The van der Waals surface area contributed by atoms with Gasteiger partial charge in [-0.05, 0) is 19.1 Å². The summed E-state index contributed by atoms with van der Waals surface area (Å²) in [6, 6.07) is 14.7. The van der Waals surface area contributed by atoms with E-state index in [1.165, 1.54) is 21.3 Å². The number of aromatic nitrogens is 1. The van der Waals surface area contributed by atoms with Gasteiger partial charge in [-0.25, -0.2) is 0 Å². The predicted octanol–water partition coefficient (Wildman–Crippen LogP) is 3.46. The highest BCUT2D eigenvalue weighted by Crippen LogP contribution is 2.46. The highest BCUT2D eigenvalue weighted by Gasteiger charge is 2.37. The third-order valence-corrected chi connectivity index (χ3v) is 6.26. The fraction of sp³-hybridized carbons (Fsp3) is 0.259. The number of benzene rings is 2. The number of nitrogens with zero attached hydrogens (tertiary/aromatic N) is 2. The van der Waals surface area contributed by atoms with Gasteiger partial charge >= 0.3 is 0 Å². The molecule has 186 valence electrons. The van der Waals surface area contributed by atoms with E-state index in [0.29, 0.717) is 34.3 Å². The Morgan fingerprint density at radius 2 is 1.61 bits per heavy atom. The SMILES string of the molecule is COc1ccccc1Cn1c(C)cc2c(c1=O)[C@H](c1cc(OC)c(OC)cc1OC)C(C#N)=C(N)O2. The number of ether oxygens (including phenoxy) is 5. The van der Waals surface area contributed by atoms with Gasteiger partial charge in [0, 0.05) is 29.0 Å². The van der Waals surface area contributed by atoms with E-state index in [1.54, 1.807) is 29.9 Å². The van der Waals surface area contributed by atoms with Gasteiger partial charge in [-0.3, -0.25) is 4.79 Å². The topological polar surface area (TPSA) is 118 Å². The van der Waals surface area contributed by atoms with Crippen molar-refractivity contribution in [1.82, 2.24) is 4.57 Å².